The fraction of sp³-hybridized carbons (Fsp3) is 0.600. The molecule has 2 rings (SSSR count). The van der Waals surface area contributed by atoms with Gasteiger partial charge in [-0.3, -0.25) is 9.30 Å². The smallest absolute Gasteiger partial charge is 0.260 e. The summed E-state index contributed by atoms with van der Waals surface area (Å²) in [5.74, 6) is 1.33. The minimum atomic E-state index is 0.497. The molecule has 0 aliphatic rings. The lowest BCUT2D eigenvalue weighted by atomic mass is 10.2. The van der Waals surface area contributed by atoms with Gasteiger partial charge in [0.15, 0.2) is 0 Å². The van der Waals surface area contributed by atoms with Crippen LogP contribution in [0, 0.1) is 0 Å². The summed E-state index contributed by atoms with van der Waals surface area (Å²) >= 11 is 0. The van der Waals surface area contributed by atoms with Crippen molar-refractivity contribution in [2.45, 2.75) is 39.8 Å². The van der Waals surface area contributed by atoms with Crippen molar-refractivity contribution in [3.63, 3.8) is 0 Å². The lowest BCUT2D eigenvalue weighted by Gasteiger charge is -2.30. The molecule has 2 aromatic rings. The minimum Gasteiger partial charge on any atom is -0.474 e. The summed E-state index contributed by atoms with van der Waals surface area (Å²) in [5.41, 5.74) is 0.745. The molecule has 0 spiro atoms. The van der Waals surface area contributed by atoms with E-state index in [-0.39, 0.29) is 0 Å². The first-order valence-electron chi connectivity index (χ1n) is 7.43. The number of anilines is 1. The Balaban J connectivity index is 2.07. The van der Waals surface area contributed by atoms with Crippen molar-refractivity contribution in [2.75, 3.05) is 25.5 Å². The fourth-order valence-corrected chi connectivity index (χ4v) is 2.48. The first-order chi connectivity index (χ1) is 10.0. The van der Waals surface area contributed by atoms with Crippen molar-refractivity contribution in [3.05, 3.63) is 18.6 Å². The van der Waals surface area contributed by atoms with Crippen molar-refractivity contribution in [1.82, 2.24) is 19.3 Å². The normalized spacial score (nSPS) is 11.8. The number of hydrogen-bond donors (Lipinski definition) is 1. The highest BCUT2D eigenvalue weighted by Gasteiger charge is 2.14. The summed E-state index contributed by atoms with van der Waals surface area (Å²) in [7, 11) is 1.84. The summed E-state index contributed by atoms with van der Waals surface area (Å²) in [6.45, 7) is 10.3. The highest BCUT2D eigenvalue weighted by Crippen LogP contribution is 2.18. The largest absolute Gasteiger partial charge is 0.474 e. The lowest BCUT2D eigenvalue weighted by molar-refractivity contribution is 0.140. The zero-order chi connectivity index (χ0) is 15.4. The molecule has 2 aromatic heterocycles. The van der Waals surface area contributed by atoms with E-state index in [1.807, 2.05) is 23.8 Å². The van der Waals surface area contributed by atoms with Gasteiger partial charge in [-0.1, -0.05) is 0 Å². The average molecular weight is 291 g/mol. The molecule has 0 radical (unpaired) electrons. The summed E-state index contributed by atoms with van der Waals surface area (Å²) < 4.78 is 7.79. The maximum Gasteiger partial charge on any atom is 0.260 e. The van der Waals surface area contributed by atoms with E-state index in [4.69, 9.17) is 4.74 Å². The van der Waals surface area contributed by atoms with Crippen molar-refractivity contribution in [2.24, 2.45) is 0 Å². The number of rotatable bonds is 7. The Bertz CT molecular complexity index is 570. The van der Waals surface area contributed by atoms with E-state index in [2.05, 4.69) is 47.9 Å². The zero-order valence-corrected chi connectivity index (χ0v) is 13.5. The highest BCUT2D eigenvalue weighted by atomic mass is 16.5. The Hall–Kier alpha value is -1.82. The van der Waals surface area contributed by atoms with Crippen LogP contribution in [0.25, 0.3) is 5.65 Å². The Morgan fingerprint density at radius 2 is 2.00 bits per heavy atom. The van der Waals surface area contributed by atoms with Crippen LogP contribution in [0.4, 0.5) is 5.82 Å². The number of ether oxygens (including phenoxy) is 1. The van der Waals surface area contributed by atoms with E-state index >= 15 is 0 Å². The van der Waals surface area contributed by atoms with Crippen LogP contribution in [0.5, 0.6) is 5.88 Å². The molecular weight excluding hydrogens is 266 g/mol. The van der Waals surface area contributed by atoms with Crippen LogP contribution >= 0.6 is 0 Å². The van der Waals surface area contributed by atoms with E-state index in [0.29, 0.717) is 24.6 Å². The molecule has 0 aliphatic carbocycles. The second-order valence-electron chi connectivity index (χ2n) is 5.61. The molecule has 21 heavy (non-hydrogen) atoms. The molecule has 0 amide bonds. The van der Waals surface area contributed by atoms with E-state index < -0.39 is 0 Å². The second kappa shape index (κ2) is 6.76. The van der Waals surface area contributed by atoms with Gasteiger partial charge in [-0.25, -0.2) is 4.98 Å². The molecule has 0 fully saturated rings. The third-order valence-corrected chi connectivity index (χ3v) is 3.51. The van der Waals surface area contributed by atoms with Gasteiger partial charge in [-0.15, -0.1) is 0 Å². The first-order valence-corrected chi connectivity index (χ1v) is 7.43. The molecule has 116 valence electrons. The van der Waals surface area contributed by atoms with E-state index in [1.165, 1.54) is 0 Å². The molecule has 0 saturated carbocycles. The molecule has 0 bridgehead atoms. The van der Waals surface area contributed by atoms with Gasteiger partial charge in [0.25, 0.3) is 5.88 Å². The SMILES string of the molecule is CNc1cn2ccnc2c(OCCN(C(C)C)C(C)C)n1. The van der Waals surface area contributed by atoms with Crippen LogP contribution in [0.15, 0.2) is 18.6 Å². The zero-order valence-electron chi connectivity index (χ0n) is 13.5. The standard InChI is InChI=1S/C15H25N5O/c1-11(2)20(12(3)4)8-9-21-15-14-17-6-7-19(14)10-13(16-5)18-15/h6-7,10-12,16H,8-9H2,1-5H3. The van der Waals surface area contributed by atoms with Crippen molar-refractivity contribution in [3.8, 4) is 5.88 Å². The molecule has 0 aliphatic heterocycles. The predicted octanol–water partition coefficient (Wildman–Crippen LogP) is 2.27. The third-order valence-electron chi connectivity index (χ3n) is 3.51. The van der Waals surface area contributed by atoms with Gasteiger partial charge in [0.2, 0.25) is 5.65 Å². The number of imidazole rings is 1. The number of hydrogen-bond acceptors (Lipinski definition) is 5. The summed E-state index contributed by atoms with van der Waals surface area (Å²) in [6, 6.07) is 0.994. The van der Waals surface area contributed by atoms with Gasteiger partial charge < -0.3 is 10.1 Å². The Labute approximate surface area is 126 Å². The summed E-state index contributed by atoms with van der Waals surface area (Å²) in [4.78, 5) is 11.1. The molecule has 2 heterocycles. The minimum absolute atomic E-state index is 0.497. The van der Waals surface area contributed by atoms with Crippen molar-refractivity contribution < 1.29 is 4.74 Å². The molecule has 1 N–H and O–H groups in total. The van der Waals surface area contributed by atoms with Crippen molar-refractivity contribution >= 4 is 11.5 Å². The molecule has 0 aromatic carbocycles. The maximum absolute atomic E-state index is 5.87. The molecule has 0 unspecified atom stereocenters. The van der Waals surface area contributed by atoms with Crippen LogP contribution in [-0.4, -0.2) is 51.6 Å². The topological polar surface area (TPSA) is 54.7 Å². The van der Waals surface area contributed by atoms with Gasteiger partial charge in [-0.05, 0) is 27.7 Å². The van der Waals surface area contributed by atoms with Crippen LogP contribution in [0.2, 0.25) is 0 Å². The average Bonchev–Trinajstić information content (AvgIpc) is 2.90. The van der Waals surface area contributed by atoms with Crippen LogP contribution in [0.1, 0.15) is 27.7 Å². The van der Waals surface area contributed by atoms with Gasteiger partial charge in [-0.2, -0.15) is 4.98 Å². The second-order valence-corrected chi connectivity index (χ2v) is 5.61. The Kier molecular flexibility index (Phi) is 5.01. The number of aromatic nitrogens is 3. The van der Waals surface area contributed by atoms with Gasteiger partial charge in [0.05, 0.1) is 6.20 Å². The number of nitrogens with zero attached hydrogens (tertiary/aromatic N) is 4. The molecular formula is C15H25N5O. The summed E-state index contributed by atoms with van der Waals surface area (Å²) in [6.07, 6.45) is 5.53. The molecule has 6 nitrogen and oxygen atoms in total. The molecule has 6 heteroatoms. The van der Waals surface area contributed by atoms with Gasteiger partial charge in [0, 0.05) is 38.1 Å². The predicted molar refractivity (Wildman–Crippen MR) is 85.0 cm³/mol. The number of nitrogens with one attached hydrogen (secondary N) is 1. The van der Waals surface area contributed by atoms with Crippen LogP contribution < -0.4 is 10.1 Å². The van der Waals surface area contributed by atoms with Crippen LogP contribution in [-0.2, 0) is 0 Å². The molecule has 0 atom stereocenters. The third kappa shape index (κ3) is 3.64. The fourth-order valence-electron chi connectivity index (χ4n) is 2.48. The lowest BCUT2D eigenvalue weighted by Crippen LogP contribution is -2.39. The van der Waals surface area contributed by atoms with E-state index in [1.54, 1.807) is 6.20 Å². The highest BCUT2D eigenvalue weighted by molar-refractivity contribution is 5.53. The molecule has 0 saturated heterocycles. The first kappa shape index (κ1) is 15.6. The van der Waals surface area contributed by atoms with Crippen molar-refractivity contribution in [1.29, 1.82) is 0 Å². The van der Waals surface area contributed by atoms with Gasteiger partial charge in [0.1, 0.15) is 12.4 Å². The van der Waals surface area contributed by atoms with E-state index in [9.17, 15) is 0 Å². The Morgan fingerprint density at radius 1 is 1.29 bits per heavy atom. The van der Waals surface area contributed by atoms with Gasteiger partial charge >= 0.3 is 0 Å². The summed E-state index contributed by atoms with van der Waals surface area (Å²) in [5, 5.41) is 3.03. The van der Waals surface area contributed by atoms with Crippen LogP contribution in [0.3, 0.4) is 0 Å². The Morgan fingerprint density at radius 3 is 2.62 bits per heavy atom. The number of fused-ring (bicyclic) bond motifs is 1. The quantitative estimate of drug-likeness (QED) is 0.848. The monoisotopic (exact) mass is 291 g/mol. The maximum atomic E-state index is 5.87. The van der Waals surface area contributed by atoms with E-state index in [0.717, 1.165) is 18.0 Å².